The molecule has 5 heteroatoms. The van der Waals surface area contributed by atoms with E-state index in [9.17, 15) is 9.90 Å². The van der Waals surface area contributed by atoms with Gasteiger partial charge in [0, 0.05) is 10.9 Å². The molecule has 5 nitrogen and oxygen atoms in total. The van der Waals surface area contributed by atoms with Crippen LogP contribution in [0, 0.1) is 5.41 Å². The van der Waals surface area contributed by atoms with Gasteiger partial charge in [-0.25, -0.2) is 0 Å². The number of carboxylic acids is 1. The highest BCUT2D eigenvalue weighted by Crippen LogP contribution is 2.43. The third kappa shape index (κ3) is 1.66. The molecule has 1 saturated heterocycles. The monoisotopic (exact) mass is 261 g/mol. The topological polar surface area (TPSA) is 71.7 Å². The van der Waals surface area contributed by atoms with Crippen LogP contribution in [0.3, 0.4) is 0 Å². The second-order valence-electron chi connectivity index (χ2n) is 4.86. The number of para-hydroxylation sites is 1. The van der Waals surface area contributed by atoms with Crippen molar-refractivity contribution in [2.24, 2.45) is 5.41 Å². The molecule has 1 aliphatic heterocycles. The van der Waals surface area contributed by atoms with E-state index < -0.39 is 11.4 Å². The summed E-state index contributed by atoms with van der Waals surface area (Å²) >= 11 is 0. The van der Waals surface area contributed by atoms with E-state index in [0.29, 0.717) is 0 Å². The second-order valence-corrected chi connectivity index (χ2v) is 4.86. The molecule has 19 heavy (non-hydrogen) atoms. The van der Waals surface area contributed by atoms with Crippen LogP contribution in [0.2, 0.25) is 0 Å². The van der Waals surface area contributed by atoms with Crippen molar-refractivity contribution in [1.29, 1.82) is 0 Å². The van der Waals surface area contributed by atoms with Gasteiger partial charge in [0.2, 0.25) is 0 Å². The minimum Gasteiger partial charge on any atom is -0.481 e. The Labute approximate surface area is 110 Å². The molecule has 1 aromatic heterocycles. The van der Waals surface area contributed by atoms with E-state index in [0.717, 1.165) is 16.5 Å². The zero-order chi connectivity index (χ0) is 13.5. The summed E-state index contributed by atoms with van der Waals surface area (Å²) in [6.45, 7) is 0.431. The Bertz CT molecular complexity index is 615. The molecule has 2 heterocycles. The summed E-state index contributed by atoms with van der Waals surface area (Å²) in [6.07, 6.45) is 1.63. The summed E-state index contributed by atoms with van der Waals surface area (Å²) < 4.78 is 10.6. The van der Waals surface area contributed by atoms with Crippen molar-refractivity contribution >= 4 is 16.9 Å². The lowest BCUT2D eigenvalue weighted by molar-refractivity contribution is -0.186. The maximum absolute atomic E-state index is 11.6. The molecule has 1 atom stereocenters. The van der Waals surface area contributed by atoms with Gasteiger partial charge in [0.15, 0.2) is 0 Å². The fraction of sp³-hybridized carbons (Fsp3) is 0.357. The lowest BCUT2D eigenvalue weighted by Gasteiger charge is -2.43. The third-order valence-electron chi connectivity index (χ3n) is 3.81. The van der Waals surface area contributed by atoms with E-state index in [1.807, 2.05) is 24.3 Å². The minimum absolute atomic E-state index is 0.216. The Kier molecular flexibility index (Phi) is 2.80. The van der Waals surface area contributed by atoms with E-state index in [2.05, 4.69) is 5.32 Å². The summed E-state index contributed by atoms with van der Waals surface area (Å²) in [5, 5.41) is 13.5. The van der Waals surface area contributed by atoms with E-state index in [1.54, 1.807) is 13.3 Å². The van der Waals surface area contributed by atoms with Gasteiger partial charge in [-0.3, -0.25) is 4.79 Å². The van der Waals surface area contributed by atoms with Gasteiger partial charge in [0.05, 0.1) is 25.5 Å². The number of nitrogens with one attached hydrogen (secondary N) is 1. The first kappa shape index (κ1) is 12.2. The van der Waals surface area contributed by atoms with Crippen LogP contribution in [-0.2, 0) is 9.53 Å². The average molecular weight is 261 g/mol. The summed E-state index contributed by atoms with van der Waals surface area (Å²) in [6, 6.07) is 7.29. The number of carboxylic acid groups (broad SMARTS) is 1. The largest absolute Gasteiger partial charge is 0.481 e. The summed E-state index contributed by atoms with van der Waals surface area (Å²) in [4.78, 5) is 11.6. The molecule has 0 amide bonds. The number of hydrogen-bond donors (Lipinski definition) is 2. The molecule has 100 valence electrons. The van der Waals surface area contributed by atoms with Crippen LogP contribution < -0.4 is 5.32 Å². The molecular weight excluding hydrogens is 246 g/mol. The van der Waals surface area contributed by atoms with Crippen molar-refractivity contribution < 1.29 is 19.1 Å². The molecule has 1 unspecified atom stereocenters. The SMILES string of the molecule is CNC(c1coc2ccccc12)C1(C(=O)O)COC1. The Morgan fingerprint density at radius 3 is 2.74 bits per heavy atom. The fourth-order valence-electron chi connectivity index (χ4n) is 2.69. The van der Waals surface area contributed by atoms with Gasteiger partial charge >= 0.3 is 5.97 Å². The van der Waals surface area contributed by atoms with Gasteiger partial charge < -0.3 is 19.6 Å². The van der Waals surface area contributed by atoms with Crippen LogP contribution >= 0.6 is 0 Å². The third-order valence-corrected chi connectivity index (χ3v) is 3.81. The first-order valence-electron chi connectivity index (χ1n) is 6.13. The predicted octanol–water partition coefficient (Wildman–Crippen LogP) is 1.79. The van der Waals surface area contributed by atoms with Crippen LogP contribution in [0.15, 0.2) is 34.9 Å². The zero-order valence-electron chi connectivity index (χ0n) is 10.6. The molecule has 0 saturated carbocycles. The van der Waals surface area contributed by atoms with Crippen LogP contribution in [0.4, 0.5) is 0 Å². The Hall–Kier alpha value is -1.85. The molecule has 2 aromatic rings. The number of aliphatic carboxylic acids is 1. The first-order valence-corrected chi connectivity index (χ1v) is 6.13. The predicted molar refractivity (Wildman–Crippen MR) is 68.9 cm³/mol. The van der Waals surface area contributed by atoms with Gasteiger partial charge in [-0.2, -0.15) is 0 Å². The average Bonchev–Trinajstić information content (AvgIpc) is 2.76. The summed E-state index contributed by atoms with van der Waals surface area (Å²) in [5.74, 6) is -0.844. The standard InChI is InChI=1S/C14H15NO4/c1-15-12(14(13(16)17)7-18-8-14)10-6-19-11-5-3-2-4-9(10)11/h2-6,12,15H,7-8H2,1H3,(H,16,17). The van der Waals surface area contributed by atoms with Crippen LogP contribution in [0.5, 0.6) is 0 Å². The Balaban J connectivity index is 2.10. The molecule has 1 fully saturated rings. The minimum atomic E-state index is -0.915. The molecule has 3 rings (SSSR count). The van der Waals surface area contributed by atoms with Crippen molar-refractivity contribution in [2.45, 2.75) is 6.04 Å². The number of rotatable bonds is 4. The van der Waals surface area contributed by atoms with E-state index in [1.165, 1.54) is 0 Å². The van der Waals surface area contributed by atoms with Crippen LogP contribution in [0.25, 0.3) is 11.0 Å². The Morgan fingerprint density at radius 1 is 1.42 bits per heavy atom. The highest BCUT2D eigenvalue weighted by atomic mass is 16.5. The molecule has 1 aliphatic rings. The van der Waals surface area contributed by atoms with Gasteiger partial charge in [-0.1, -0.05) is 18.2 Å². The number of hydrogen-bond acceptors (Lipinski definition) is 4. The second kappa shape index (κ2) is 4.36. The van der Waals surface area contributed by atoms with Crippen molar-refractivity contribution in [3.63, 3.8) is 0 Å². The molecule has 0 spiro atoms. The summed E-state index contributed by atoms with van der Waals surface area (Å²) in [5.41, 5.74) is 0.712. The number of furan rings is 1. The quantitative estimate of drug-likeness (QED) is 0.878. The molecule has 1 aromatic carbocycles. The van der Waals surface area contributed by atoms with Crippen LogP contribution in [-0.4, -0.2) is 31.3 Å². The van der Waals surface area contributed by atoms with E-state index in [4.69, 9.17) is 9.15 Å². The van der Waals surface area contributed by atoms with Crippen molar-refractivity contribution in [3.05, 3.63) is 36.1 Å². The van der Waals surface area contributed by atoms with Gasteiger partial charge in [-0.05, 0) is 13.1 Å². The molecule has 0 bridgehead atoms. The lowest BCUT2D eigenvalue weighted by Crippen LogP contribution is -2.56. The highest BCUT2D eigenvalue weighted by molar-refractivity contribution is 5.84. The van der Waals surface area contributed by atoms with E-state index in [-0.39, 0.29) is 19.3 Å². The highest BCUT2D eigenvalue weighted by Gasteiger charge is 2.53. The normalized spacial score (nSPS) is 19.0. The number of fused-ring (bicyclic) bond motifs is 1. The van der Waals surface area contributed by atoms with Gasteiger partial charge in [0.1, 0.15) is 11.0 Å². The number of benzene rings is 1. The van der Waals surface area contributed by atoms with Crippen molar-refractivity contribution in [2.75, 3.05) is 20.3 Å². The molecule has 0 aliphatic carbocycles. The van der Waals surface area contributed by atoms with Crippen molar-refractivity contribution in [3.8, 4) is 0 Å². The smallest absolute Gasteiger partial charge is 0.316 e. The Morgan fingerprint density at radius 2 is 2.16 bits per heavy atom. The zero-order valence-corrected chi connectivity index (χ0v) is 10.6. The fourth-order valence-corrected chi connectivity index (χ4v) is 2.69. The molecule has 0 radical (unpaired) electrons. The van der Waals surface area contributed by atoms with Crippen molar-refractivity contribution in [1.82, 2.24) is 5.32 Å². The molecular formula is C14H15NO4. The lowest BCUT2D eigenvalue weighted by atomic mass is 9.75. The number of ether oxygens (including phenoxy) is 1. The summed E-state index contributed by atoms with van der Waals surface area (Å²) in [7, 11) is 1.76. The van der Waals surface area contributed by atoms with Crippen LogP contribution in [0.1, 0.15) is 11.6 Å². The number of carbonyl (C=O) groups is 1. The maximum Gasteiger partial charge on any atom is 0.316 e. The maximum atomic E-state index is 11.6. The van der Waals surface area contributed by atoms with Gasteiger partial charge in [0.25, 0.3) is 0 Å². The molecule has 2 N–H and O–H groups in total. The first-order chi connectivity index (χ1) is 9.19. The van der Waals surface area contributed by atoms with Gasteiger partial charge in [-0.15, -0.1) is 0 Å². The van der Waals surface area contributed by atoms with E-state index >= 15 is 0 Å².